The van der Waals surface area contributed by atoms with Gasteiger partial charge in [0.2, 0.25) is 0 Å². The summed E-state index contributed by atoms with van der Waals surface area (Å²) >= 11 is 0. The number of carbonyl (C=O) groups excluding carboxylic acids is 1. The second kappa shape index (κ2) is 11.5. The van der Waals surface area contributed by atoms with Crippen LogP contribution >= 0.6 is 0 Å². The SMILES string of the molecule is Cc1nn(-c2cccc(-c3ccc(OC4CC5(CC(NC(=O)c6cnn7cc(OCC(C)(C)O)ccc67)C5)C4)cc3)c2)c(N)c1C#N. The quantitative estimate of drug-likeness (QED) is 0.200. The van der Waals surface area contributed by atoms with Crippen LogP contribution in [0, 0.1) is 23.7 Å². The molecule has 7 rings (SSSR count). The molecule has 2 saturated carbocycles. The number of carbonyl (C=O) groups is 1. The molecule has 0 bridgehead atoms. The Balaban J connectivity index is 0.900. The summed E-state index contributed by atoms with van der Waals surface area (Å²) < 4.78 is 15.2. The van der Waals surface area contributed by atoms with E-state index in [9.17, 15) is 15.2 Å². The van der Waals surface area contributed by atoms with Crippen LogP contribution in [-0.4, -0.2) is 54.8 Å². The fourth-order valence-corrected chi connectivity index (χ4v) is 6.77. The third-order valence-corrected chi connectivity index (χ3v) is 9.13. The average Bonchev–Trinajstić information content (AvgIpc) is 3.57. The summed E-state index contributed by atoms with van der Waals surface area (Å²) in [5.41, 5.74) is 10.5. The number of amides is 1. The van der Waals surface area contributed by atoms with E-state index < -0.39 is 5.60 Å². The Bertz CT molecular complexity index is 2000. The van der Waals surface area contributed by atoms with E-state index in [4.69, 9.17) is 15.2 Å². The van der Waals surface area contributed by atoms with Crippen LogP contribution in [0.4, 0.5) is 5.82 Å². The molecule has 2 aromatic carbocycles. The van der Waals surface area contributed by atoms with E-state index in [2.05, 4.69) is 21.6 Å². The number of hydrogen-bond acceptors (Lipinski definition) is 8. The molecule has 0 radical (unpaired) electrons. The Kier molecular flexibility index (Phi) is 7.40. The number of anilines is 1. The number of aliphatic hydroxyl groups is 1. The van der Waals surface area contributed by atoms with Crippen LogP contribution in [0.1, 0.15) is 61.1 Å². The minimum absolute atomic E-state index is 0.127. The lowest BCUT2D eigenvalue weighted by Gasteiger charge is -2.57. The van der Waals surface area contributed by atoms with E-state index in [0.29, 0.717) is 33.9 Å². The van der Waals surface area contributed by atoms with Gasteiger partial charge in [-0.25, -0.2) is 9.20 Å². The molecule has 2 aliphatic carbocycles. The number of benzene rings is 2. The molecule has 4 N–H and O–H groups in total. The van der Waals surface area contributed by atoms with Crippen molar-refractivity contribution in [3.63, 3.8) is 0 Å². The van der Waals surface area contributed by atoms with Crippen LogP contribution in [-0.2, 0) is 0 Å². The molecule has 0 aliphatic heterocycles. The number of rotatable bonds is 9. The van der Waals surface area contributed by atoms with Crippen molar-refractivity contribution in [2.45, 2.75) is 64.2 Å². The van der Waals surface area contributed by atoms with Gasteiger partial charge in [-0.15, -0.1) is 0 Å². The number of nitrogens with two attached hydrogens (primary N) is 1. The maximum atomic E-state index is 13.1. The molecule has 2 fully saturated rings. The Morgan fingerprint density at radius 1 is 1.11 bits per heavy atom. The van der Waals surface area contributed by atoms with Crippen molar-refractivity contribution >= 4 is 17.2 Å². The largest absolute Gasteiger partial charge is 0.490 e. The summed E-state index contributed by atoms with van der Waals surface area (Å²) in [6.45, 7) is 5.29. The van der Waals surface area contributed by atoms with Gasteiger partial charge < -0.3 is 25.6 Å². The first-order chi connectivity index (χ1) is 22.5. The average molecular weight is 632 g/mol. The molecule has 3 aromatic heterocycles. The number of ether oxygens (including phenoxy) is 2. The lowest BCUT2D eigenvalue weighted by atomic mass is 9.53. The summed E-state index contributed by atoms with van der Waals surface area (Å²) in [6, 6.07) is 21.8. The van der Waals surface area contributed by atoms with E-state index >= 15 is 0 Å². The van der Waals surface area contributed by atoms with Gasteiger partial charge in [0, 0.05) is 6.04 Å². The van der Waals surface area contributed by atoms with Crippen molar-refractivity contribution in [3.05, 3.63) is 89.9 Å². The van der Waals surface area contributed by atoms with Gasteiger partial charge in [-0.2, -0.15) is 15.5 Å². The van der Waals surface area contributed by atoms with Crippen molar-refractivity contribution in [2.24, 2.45) is 5.41 Å². The first-order valence-corrected chi connectivity index (χ1v) is 15.8. The fraction of sp³-hybridized carbons (Fsp3) is 0.333. The van der Waals surface area contributed by atoms with Crippen LogP contribution in [0.2, 0.25) is 0 Å². The number of nitriles is 1. The molecule has 240 valence electrons. The molecule has 11 nitrogen and oxygen atoms in total. The smallest absolute Gasteiger partial charge is 0.255 e. The molecule has 47 heavy (non-hydrogen) atoms. The van der Waals surface area contributed by atoms with Crippen LogP contribution in [0.15, 0.2) is 73.1 Å². The molecule has 0 saturated heterocycles. The van der Waals surface area contributed by atoms with Crippen molar-refractivity contribution < 1.29 is 19.4 Å². The number of hydrogen-bond donors (Lipinski definition) is 3. The monoisotopic (exact) mass is 631 g/mol. The fourth-order valence-electron chi connectivity index (χ4n) is 6.77. The van der Waals surface area contributed by atoms with Gasteiger partial charge in [0.15, 0.2) is 0 Å². The molecule has 0 unspecified atom stereocenters. The second-order valence-corrected chi connectivity index (χ2v) is 13.5. The third-order valence-electron chi connectivity index (χ3n) is 9.13. The van der Waals surface area contributed by atoms with Gasteiger partial charge in [-0.05, 0) is 99.4 Å². The third kappa shape index (κ3) is 6.00. The summed E-state index contributed by atoms with van der Waals surface area (Å²) in [6.07, 6.45) is 7.29. The molecular weight excluding hydrogens is 594 g/mol. The topological polar surface area (TPSA) is 153 Å². The highest BCUT2D eigenvalue weighted by molar-refractivity contribution is 6.00. The highest BCUT2D eigenvalue weighted by Gasteiger charge is 2.54. The number of nitrogen functional groups attached to an aromatic ring is 1. The Labute approximate surface area is 272 Å². The van der Waals surface area contributed by atoms with Gasteiger partial charge in [-0.3, -0.25) is 4.79 Å². The number of pyridine rings is 1. The van der Waals surface area contributed by atoms with E-state index in [1.165, 1.54) is 0 Å². The Morgan fingerprint density at radius 2 is 1.85 bits per heavy atom. The number of aryl methyl sites for hydroxylation is 1. The number of fused-ring (bicyclic) bond motifs is 1. The standard InChI is InChI=1S/C36H37N7O4/c1-22-30(18-37)33(38)43(41-22)26-6-4-5-24(13-26)23-7-9-27(10-8-23)47-29-16-36(17-29)14-25(15-36)40-34(44)31-19-39-42-20-28(11-12-32(31)42)46-21-35(2,3)45/h4-13,19-20,25,29,45H,14-17,21,38H2,1-3H3,(H,40,44). The summed E-state index contributed by atoms with van der Waals surface area (Å²) in [5, 5.41) is 31.2. The maximum absolute atomic E-state index is 13.1. The second-order valence-electron chi connectivity index (χ2n) is 13.5. The molecule has 2 aliphatic rings. The lowest BCUT2D eigenvalue weighted by molar-refractivity contribution is -0.0833. The van der Waals surface area contributed by atoms with Gasteiger partial charge in [-0.1, -0.05) is 24.3 Å². The van der Waals surface area contributed by atoms with Crippen molar-refractivity contribution in [2.75, 3.05) is 12.3 Å². The van der Waals surface area contributed by atoms with E-state index in [-0.39, 0.29) is 30.1 Å². The zero-order chi connectivity index (χ0) is 32.9. The molecule has 1 spiro atoms. The predicted molar refractivity (Wildman–Crippen MR) is 176 cm³/mol. The van der Waals surface area contributed by atoms with Crippen LogP contribution in [0.5, 0.6) is 11.5 Å². The Hall–Kier alpha value is -5.34. The van der Waals surface area contributed by atoms with Crippen molar-refractivity contribution in [3.8, 4) is 34.4 Å². The molecule has 5 aromatic rings. The van der Waals surface area contributed by atoms with E-state index in [1.54, 1.807) is 48.4 Å². The highest BCUT2D eigenvalue weighted by atomic mass is 16.5. The summed E-state index contributed by atoms with van der Waals surface area (Å²) in [4.78, 5) is 13.1. The van der Waals surface area contributed by atoms with Crippen LogP contribution < -0.4 is 20.5 Å². The predicted octanol–water partition coefficient (Wildman–Crippen LogP) is 5.22. The number of nitrogens with zero attached hydrogens (tertiary/aromatic N) is 5. The summed E-state index contributed by atoms with van der Waals surface area (Å²) in [7, 11) is 0. The normalized spacial score (nSPS) is 20.3. The number of aromatic nitrogens is 4. The summed E-state index contributed by atoms with van der Waals surface area (Å²) in [5.74, 6) is 1.61. The van der Waals surface area contributed by atoms with E-state index in [0.717, 1.165) is 48.2 Å². The molecule has 3 heterocycles. The highest BCUT2D eigenvalue weighted by Crippen LogP contribution is 2.56. The van der Waals surface area contributed by atoms with Gasteiger partial charge >= 0.3 is 0 Å². The maximum Gasteiger partial charge on any atom is 0.255 e. The van der Waals surface area contributed by atoms with Gasteiger partial charge in [0.1, 0.15) is 35.6 Å². The lowest BCUT2D eigenvalue weighted by Crippen LogP contribution is -2.58. The molecule has 1 amide bonds. The van der Waals surface area contributed by atoms with E-state index in [1.807, 2.05) is 54.6 Å². The van der Waals surface area contributed by atoms with Gasteiger partial charge in [0.25, 0.3) is 5.91 Å². The first kappa shape index (κ1) is 30.3. The zero-order valence-corrected chi connectivity index (χ0v) is 26.6. The van der Waals surface area contributed by atoms with Gasteiger partial charge in [0.05, 0.1) is 46.6 Å². The minimum Gasteiger partial charge on any atom is -0.490 e. The Morgan fingerprint density at radius 3 is 2.55 bits per heavy atom. The van der Waals surface area contributed by atoms with Crippen molar-refractivity contribution in [1.29, 1.82) is 5.26 Å². The zero-order valence-electron chi connectivity index (χ0n) is 26.6. The molecule has 0 atom stereocenters. The van der Waals surface area contributed by atoms with Crippen LogP contribution in [0.25, 0.3) is 22.3 Å². The van der Waals surface area contributed by atoms with Crippen LogP contribution in [0.3, 0.4) is 0 Å². The number of nitrogens with one attached hydrogen (secondary N) is 1. The first-order valence-electron chi connectivity index (χ1n) is 15.8. The molecular formula is C36H37N7O4. The molecule has 11 heteroatoms. The van der Waals surface area contributed by atoms with Crippen molar-refractivity contribution in [1.82, 2.24) is 24.7 Å². The minimum atomic E-state index is -0.944.